The molecule has 2 aromatic carbocycles. The van der Waals surface area contributed by atoms with Gasteiger partial charge in [0, 0.05) is 23.4 Å². The lowest BCUT2D eigenvalue weighted by Crippen LogP contribution is -2.28. The van der Waals surface area contributed by atoms with E-state index in [2.05, 4.69) is 26.4 Å². The molecule has 0 saturated heterocycles. The van der Waals surface area contributed by atoms with Gasteiger partial charge >= 0.3 is 5.69 Å². The smallest absolute Gasteiger partial charge is 0.350 e. The third-order valence-electron chi connectivity index (χ3n) is 5.22. The number of anilines is 1. The molecular formula is C24H22N6O3S2. The van der Waals surface area contributed by atoms with Gasteiger partial charge in [0.15, 0.2) is 10.8 Å². The summed E-state index contributed by atoms with van der Waals surface area (Å²) in [6.45, 7) is 6.31. The van der Waals surface area contributed by atoms with Gasteiger partial charge in [0.05, 0.1) is 16.8 Å². The average molecular weight is 507 g/mol. The highest BCUT2D eigenvalue weighted by Gasteiger charge is 2.17. The van der Waals surface area contributed by atoms with Gasteiger partial charge in [-0.25, -0.2) is 23.8 Å². The van der Waals surface area contributed by atoms with Gasteiger partial charge in [-0.05, 0) is 44.5 Å². The largest absolute Gasteiger partial charge is 0.494 e. The molecule has 0 aliphatic rings. The van der Waals surface area contributed by atoms with E-state index >= 15 is 0 Å². The van der Waals surface area contributed by atoms with Crippen LogP contribution >= 0.6 is 23.1 Å². The van der Waals surface area contributed by atoms with Gasteiger partial charge in [0.2, 0.25) is 5.91 Å². The molecule has 1 N–H and O–H groups in total. The van der Waals surface area contributed by atoms with E-state index in [4.69, 9.17) is 4.74 Å². The van der Waals surface area contributed by atoms with Crippen molar-refractivity contribution in [3.63, 3.8) is 0 Å². The van der Waals surface area contributed by atoms with Crippen LogP contribution in [0.3, 0.4) is 0 Å². The molecular weight excluding hydrogens is 484 g/mol. The summed E-state index contributed by atoms with van der Waals surface area (Å²) in [7, 11) is 0. The molecule has 0 fully saturated rings. The van der Waals surface area contributed by atoms with Gasteiger partial charge < -0.3 is 10.1 Å². The number of thiazole rings is 1. The minimum Gasteiger partial charge on any atom is -0.494 e. The van der Waals surface area contributed by atoms with Crippen LogP contribution in [0.1, 0.15) is 18.1 Å². The van der Waals surface area contributed by atoms with E-state index < -0.39 is 11.6 Å². The van der Waals surface area contributed by atoms with Crippen molar-refractivity contribution in [2.75, 3.05) is 11.9 Å². The van der Waals surface area contributed by atoms with Crippen molar-refractivity contribution in [2.45, 2.75) is 37.2 Å². The molecule has 1 amide bonds. The second kappa shape index (κ2) is 9.51. The number of amides is 1. The Balaban J connectivity index is 1.37. The summed E-state index contributed by atoms with van der Waals surface area (Å²) in [5.74, 6) is 0.332. The molecule has 0 atom stereocenters. The van der Waals surface area contributed by atoms with Gasteiger partial charge in [0.25, 0.3) is 0 Å². The maximum atomic E-state index is 12.9. The van der Waals surface area contributed by atoms with Crippen LogP contribution in [0, 0.1) is 13.8 Å². The Hall–Kier alpha value is -3.70. The average Bonchev–Trinajstić information content (AvgIpc) is 3.36. The molecule has 3 heterocycles. The Morgan fingerprint density at radius 2 is 2.06 bits per heavy atom. The topological polar surface area (TPSA) is 103 Å². The number of carbonyl (C=O) groups excluding carboxylic acids is 1. The molecule has 0 radical (unpaired) electrons. The lowest BCUT2D eigenvalue weighted by molar-refractivity contribution is -0.117. The first kappa shape index (κ1) is 23.1. The fraction of sp³-hybridized carbons (Fsp3) is 0.208. The van der Waals surface area contributed by atoms with Crippen LogP contribution in [-0.4, -0.2) is 36.7 Å². The quantitative estimate of drug-likeness (QED) is 0.351. The molecule has 11 heteroatoms. The van der Waals surface area contributed by atoms with Gasteiger partial charge in [-0.1, -0.05) is 40.8 Å². The van der Waals surface area contributed by atoms with Crippen LogP contribution in [0.2, 0.25) is 0 Å². The summed E-state index contributed by atoms with van der Waals surface area (Å²) in [5, 5.41) is 8.21. The van der Waals surface area contributed by atoms with Crippen molar-refractivity contribution in [2.24, 2.45) is 0 Å². The molecule has 3 aromatic heterocycles. The van der Waals surface area contributed by atoms with E-state index in [1.54, 1.807) is 12.4 Å². The number of carbonyl (C=O) groups is 1. The van der Waals surface area contributed by atoms with Crippen molar-refractivity contribution in [3.8, 4) is 5.75 Å². The van der Waals surface area contributed by atoms with E-state index in [9.17, 15) is 9.59 Å². The van der Waals surface area contributed by atoms with E-state index in [0.717, 1.165) is 31.1 Å². The SMILES string of the molecule is CCOc1ccc2sc(NC(=O)Cn3nc4c(Sc5ccc(C)cc5C)nccn4c3=O)nc2c1. The van der Waals surface area contributed by atoms with Crippen LogP contribution in [0.25, 0.3) is 15.9 Å². The lowest BCUT2D eigenvalue weighted by atomic mass is 10.2. The monoisotopic (exact) mass is 506 g/mol. The highest BCUT2D eigenvalue weighted by atomic mass is 32.2. The number of benzene rings is 2. The number of fused-ring (bicyclic) bond motifs is 2. The Kier molecular flexibility index (Phi) is 6.27. The van der Waals surface area contributed by atoms with Crippen LogP contribution < -0.4 is 15.7 Å². The second-order valence-electron chi connectivity index (χ2n) is 7.87. The first-order valence-corrected chi connectivity index (χ1v) is 12.6. The Bertz CT molecular complexity index is 1620. The molecule has 0 aliphatic carbocycles. The molecule has 0 spiro atoms. The maximum Gasteiger partial charge on any atom is 0.350 e. The van der Waals surface area contributed by atoms with Crippen LogP contribution in [0.15, 0.2) is 63.5 Å². The number of nitrogens with one attached hydrogen (secondary N) is 1. The van der Waals surface area contributed by atoms with Gasteiger partial charge in [-0.15, -0.1) is 5.10 Å². The first-order valence-electron chi connectivity index (χ1n) is 10.9. The molecule has 0 saturated carbocycles. The summed E-state index contributed by atoms with van der Waals surface area (Å²) in [6, 6.07) is 11.8. The van der Waals surface area contributed by atoms with E-state index in [0.29, 0.717) is 22.4 Å². The molecule has 5 aromatic rings. The van der Waals surface area contributed by atoms with Gasteiger partial charge in [-0.3, -0.25) is 4.79 Å². The Morgan fingerprint density at radius 1 is 1.20 bits per heavy atom. The predicted molar refractivity (Wildman–Crippen MR) is 137 cm³/mol. The van der Waals surface area contributed by atoms with Gasteiger partial charge in [0.1, 0.15) is 17.3 Å². The van der Waals surface area contributed by atoms with E-state index in [1.165, 1.54) is 33.1 Å². The molecule has 0 aliphatic heterocycles. The van der Waals surface area contributed by atoms with Gasteiger partial charge in [-0.2, -0.15) is 0 Å². The highest BCUT2D eigenvalue weighted by molar-refractivity contribution is 7.99. The van der Waals surface area contributed by atoms with Crippen molar-refractivity contribution < 1.29 is 9.53 Å². The Labute approximate surface area is 208 Å². The minimum atomic E-state index is -0.411. The number of rotatable bonds is 7. The van der Waals surface area contributed by atoms with Crippen molar-refractivity contribution in [1.29, 1.82) is 0 Å². The van der Waals surface area contributed by atoms with E-state index in [1.807, 2.05) is 51.1 Å². The summed E-state index contributed by atoms with van der Waals surface area (Å²) in [6.07, 6.45) is 3.11. The van der Waals surface area contributed by atoms with Crippen LogP contribution in [0.5, 0.6) is 5.75 Å². The van der Waals surface area contributed by atoms with Crippen molar-refractivity contribution in [1.82, 2.24) is 24.1 Å². The summed E-state index contributed by atoms with van der Waals surface area (Å²) in [5.41, 5.74) is 3.02. The molecule has 5 rings (SSSR count). The molecule has 178 valence electrons. The summed E-state index contributed by atoms with van der Waals surface area (Å²) >= 11 is 2.79. The fourth-order valence-corrected chi connectivity index (χ4v) is 5.40. The molecule has 0 bridgehead atoms. The van der Waals surface area contributed by atoms with Crippen LogP contribution in [-0.2, 0) is 11.3 Å². The first-order chi connectivity index (χ1) is 16.9. The lowest BCUT2D eigenvalue weighted by Gasteiger charge is -2.06. The summed E-state index contributed by atoms with van der Waals surface area (Å²) in [4.78, 5) is 35.5. The maximum absolute atomic E-state index is 12.9. The molecule has 9 nitrogen and oxygen atoms in total. The normalized spacial score (nSPS) is 11.3. The third-order valence-corrected chi connectivity index (χ3v) is 7.33. The zero-order valence-electron chi connectivity index (χ0n) is 19.3. The van der Waals surface area contributed by atoms with Crippen molar-refractivity contribution >= 4 is 50.0 Å². The zero-order chi connectivity index (χ0) is 24.5. The number of aryl methyl sites for hydroxylation is 2. The number of aromatic nitrogens is 5. The minimum absolute atomic E-state index is 0.242. The predicted octanol–water partition coefficient (Wildman–Crippen LogP) is 4.31. The number of ether oxygens (including phenoxy) is 1. The number of hydrogen-bond donors (Lipinski definition) is 1. The zero-order valence-corrected chi connectivity index (χ0v) is 20.9. The van der Waals surface area contributed by atoms with Crippen LogP contribution in [0.4, 0.5) is 5.13 Å². The fourth-order valence-electron chi connectivity index (χ4n) is 3.63. The highest BCUT2D eigenvalue weighted by Crippen LogP contribution is 2.31. The third kappa shape index (κ3) is 4.77. The van der Waals surface area contributed by atoms with Crippen molar-refractivity contribution in [3.05, 3.63) is 70.4 Å². The standard InChI is InChI=1S/C24H22N6O3S2/c1-4-33-16-6-8-19-17(12-16)26-23(35-19)27-20(31)13-30-24(32)29-10-9-25-22(21(29)28-30)34-18-7-5-14(2)11-15(18)3/h5-12H,4,13H2,1-3H3,(H,26,27,31). The second-order valence-corrected chi connectivity index (χ2v) is 9.93. The number of hydrogen-bond acceptors (Lipinski definition) is 8. The van der Waals surface area contributed by atoms with E-state index in [-0.39, 0.29) is 6.54 Å². The summed E-state index contributed by atoms with van der Waals surface area (Å²) < 4.78 is 8.97. The number of nitrogens with zero attached hydrogens (tertiary/aromatic N) is 5. The molecule has 35 heavy (non-hydrogen) atoms. The molecule has 0 unspecified atom stereocenters. The Morgan fingerprint density at radius 3 is 2.86 bits per heavy atom.